The van der Waals surface area contributed by atoms with Crippen LogP contribution in [0.25, 0.3) is 0 Å². The molecule has 2 amide bonds. The first-order chi connectivity index (χ1) is 15.3. The van der Waals surface area contributed by atoms with Gasteiger partial charge in [0.15, 0.2) is 5.75 Å². The highest BCUT2D eigenvalue weighted by molar-refractivity contribution is 7.89. The predicted molar refractivity (Wildman–Crippen MR) is 121 cm³/mol. The Morgan fingerprint density at radius 1 is 1.12 bits per heavy atom. The molecule has 0 atom stereocenters. The summed E-state index contributed by atoms with van der Waals surface area (Å²) in [5.41, 5.74) is 0.365. The lowest BCUT2D eigenvalue weighted by Gasteiger charge is -2.21. The molecular formula is C22H26N4O5S. The maximum Gasteiger partial charge on any atom is 0.271 e. The summed E-state index contributed by atoms with van der Waals surface area (Å²) in [5.74, 6) is 0.105. The van der Waals surface area contributed by atoms with Gasteiger partial charge in [0.25, 0.3) is 5.91 Å². The van der Waals surface area contributed by atoms with Gasteiger partial charge in [-0.2, -0.15) is 9.41 Å². The highest BCUT2D eigenvalue weighted by Gasteiger charge is 2.26. The van der Waals surface area contributed by atoms with Crippen LogP contribution < -0.4 is 10.1 Å². The van der Waals surface area contributed by atoms with E-state index in [1.165, 1.54) is 29.6 Å². The Morgan fingerprint density at radius 3 is 2.44 bits per heavy atom. The van der Waals surface area contributed by atoms with Gasteiger partial charge < -0.3 is 10.1 Å². The minimum atomic E-state index is -3.75. The van der Waals surface area contributed by atoms with E-state index in [0.29, 0.717) is 18.8 Å². The fourth-order valence-electron chi connectivity index (χ4n) is 3.21. The number of benzene rings is 2. The lowest BCUT2D eigenvalue weighted by Crippen LogP contribution is -2.34. The number of para-hydroxylation sites is 1. The second-order valence-corrected chi connectivity index (χ2v) is 9.02. The lowest BCUT2D eigenvalue weighted by atomic mass is 10.1. The van der Waals surface area contributed by atoms with Crippen LogP contribution in [-0.4, -0.2) is 55.4 Å². The van der Waals surface area contributed by atoms with Gasteiger partial charge in [0.1, 0.15) is 11.5 Å². The number of hydrogen-bond donors (Lipinski definition) is 1. The molecule has 0 spiro atoms. The summed E-state index contributed by atoms with van der Waals surface area (Å²) < 4.78 is 33.2. The summed E-state index contributed by atoms with van der Waals surface area (Å²) >= 11 is 0. The van der Waals surface area contributed by atoms with Crippen LogP contribution in [0.2, 0.25) is 0 Å². The maximum atomic E-state index is 13.0. The minimum Gasteiger partial charge on any atom is -0.455 e. The van der Waals surface area contributed by atoms with Gasteiger partial charge in [-0.25, -0.2) is 13.4 Å². The first kappa shape index (κ1) is 23.4. The third kappa shape index (κ3) is 5.14. The van der Waals surface area contributed by atoms with Crippen LogP contribution in [0.5, 0.6) is 11.5 Å². The van der Waals surface area contributed by atoms with Gasteiger partial charge in [-0.3, -0.25) is 9.59 Å². The zero-order valence-corrected chi connectivity index (χ0v) is 19.1. The van der Waals surface area contributed by atoms with Crippen molar-refractivity contribution in [1.82, 2.24) is 9.31 Å². The number of anilines is 1. The molecule has 170 valence electrons. The summed E-state index contributed by atoms with van der Waals surface area (Å²) in [7, 11) is -2.26. The van der Waals surface area contributed by atoms with Gasteiger partial charge in [-0.1, -0.05) is 32.0 Å². The highest BCUT2D eigenvalue weighted by Crippen LogP contribution is 2.33. The molecule has 1 heterocycles. The average Bonchev–Trinajstić information content (AvgIpc) is 2.78. The predicted octanol–water partition coefficient (Wildman–Crippen LogP) is 3.06. The van der Waals surface area contributed by atoms with E-state index in [-0.39, 0.29) is 40.8 Å². The molecule has 1 N–H and O–H groups in total. The fraction of sp³-hybridized carbons (Fsp3) is 0.318. The normalized spacial score (nSPS) is 14.3. The van der Waals surface area contributed by atoms with Gasteiger partial charge in [0.2, 0.25) is 15.9 Å². The van der Waals surface area contributed by atoms with E-state index < -0.39 is 15.9 Å². The zero-order valence-electron chi connectivity index (χ0n) is 18.2. The Bertz CT molecular complexity index is 1130. The molecule has 0 fully saturated rings. The Hall–Kier alpha value is -3.24. The summed E-state index contributed by atoms with van der Waals surface area (Å²) in [4.78, 5) is 24.5. The molecule has 32 heavy (non-hydrogen) atoms. The van der Waals surface area contributed by atoms with Crippen LogP contribution in [0.15, 0.2) is 58.5 Å². The van der Waals surface area contributed by atoms with Crippen molar-refractivity contribution in [1.29, 1.82) is 0 Å². The largest absolute Gasteiger partial charge is 0.455 e. The monoisotopic (exact) mass is 458 g/mol. The first-order valence-electron chi connectivity index (χ1n) is 10.3. The van der Waals surface area contributed by atoms with Crippen molar-refractivity contribution in [3.8, 4) is 11.5 Å². The van der Waals surface area contributed by atoms with E-state index in [1.807, 2.05) is 6.07 Å². The van der Waals surface area contributed by atoms with Crippen molar-refractivity contribution >= 4 is 33.2 Å². The standard InChI is InChI=1S/C22H26N4O5S/c1-4-26(5-2)32(29,30)17-11-13-20(31-16-9-7-6-8-10-16)19(15-17)23-22(28)18-12-14-21(27)25(3)24-18/h6-11,13,15H,4-5,12,14H2,1-3H3,(H,23,28). The van der Waals surface area contributed by atoms with Crippen molar-refractivity contribution in [2.24, 2.45) is 5.10 Å². The van der Waals surface area contributed by atoms with Crippen LogP contribution in [0, 0.1) is 0 Å². The summed E-state index contributed by atoms with van der Waals surface area (Å²) in [6, 6.07) is 13.3. The molecule has 9 nitrogen and oxygen atoms in total. The molecule has 1 aliphatic rings. The van der Waals surface area contributed by atoms with E-state index >= 15 is 0 Å². The summed E-state index contributed by atoms with van der Waals surface area (Å²) in [6.07, 6.45) is 0.369. The maximum absolute atomic E-state index is 13.0. The molecule has 0 saturated heterocycles. The number of sulfonamides is 1. The number of ether oxygens (including phenoxy) is 1. The Labute approximate surface area is 187 Å². The van der Waals surface area contributed by atoms with Crippen molar-refractivity contribution in [3.05, 3.63) is 48.5 Å². The number of hydrogen-bond acceptors (Lipinski definition) is 6. The van der Waals surface area contributed by atoms with Gasteiger partial charge >= 0.3 is 0 Å². The number of nitrogens with zero attached hydrogens (tertiary/aromatic N) is 3. The molecule has 10 heteroatoms. The summed E-state index contributed by atoms with van der Waals surface area (Å²) in [6.45, 7) is 4.16. The number of carbonyl (C=O) groups is 2. The molecule has 2 aromatic rings. The SMILES string of the molecule is CCN(CC)S(=O)(=O)c1ccc(Oc2ccccc2)c(NC(=O)C2=NN(C)C(=O)CC2)c1. The number of nitrogens with one attached hydrogen (secondary N) is 1. The molecule has 2 aromatic carbocycles. The van der Waals surface area contributed by atoms with E-state index in [9.17, 15) is 18.0 Å². The van der Waals surface area contributed by atoms with Crippen molar-refractivity contribution < 1.29 is 22.7 Å². The molecular weight excluding hydrogens is 432 g/mol. The second-order valence-electron chi connectivity index (χ2n) is 7.08. The minimum absolute atomic E-state index is 0.0368. The molecule has 0 radical (unpaired) electrons. The Balaban J connectivity index is 1.98. The smallest absolute Gasteiger partial charge is 0.271 e. The van der Waals surface area contributed by atoms with E-state index in [1.54, 1.807) is 38.1 Å². The van der Waals surface area contributed by atoms with Gasteiger partial charge in [-0.05, 0) is 30.3 Å². The number of rotatable bonds is 8. The lowest BCUT2D eigenvalue weighted by molar-refractivity contribution is -0.130. The van der Waals surface area contributed by atoms with Gasteiger partial charge in [-0.15, -0.1) is 0 Å². The average molecular weight is 459 g/mol. The van der Waals surface area contributed by atoms with Crippen molar-refractivity contribution in [2.45, 2.75) is 31.6 Å². The third-order valence-corrected chi connectivity index (χ3v) is 7.03. The van der Waals surface area contributed by atoms with E-state index in [0.717, 1.165) is 5.01 Å². The Kier molecular flexibility index (Phi) is 7.26. The molecule has 1 aliphatic heterocycles. The van der Waals surface area contributed by atoms with Gasteiger partial charge in [0.05, 0.1) is 10.6 Å². The molecule has 3 rings (SSSR count). The molecule has 0 aromatic heterocycles. The van der Waals surface area contributed by atoms with Crippen LogP contribution in [-0.2, 0) is 19.6 Å². The van der Waals surface area contributed by atoms with E-state index in [2.05, 4.69) is 10.4 Å². The highest BCUT2D eigenvalue weighted by atomic mass is 32.2. The van der Waals surface area contributed by atoms with Crippen molar-refractivity contribution in [3.63, 3.8) is 0 Å². The summed E-state index contributed by atoms with van der Waals surface area (Å²) in [5, 5.41) is 7.85. The second kappa shape index (κ2) is 9.92. The molecule has 0 unspecified atom stereocenters. The van der Waals surface area contributed by atoms with Crippen LogP contribution in [0.3, 0.4) is 0 Å². The molecule has 0 bridgehead atoms. The van der Waals surface area contributed by atoms with Crippen LogP contribution in [0.4, 0.5) is 5.69 Å². The van der Waals surface area contributed by atoms with Gasteiger partial charge in [0, 0.05) is 33.0 Å². The quantitative estimate of drug-likeness (QED) is 0.654. The third-order valence-electron chi connectivity index (χ3n) is 4.98. The van der Waals surface area contributed by atoms with E-state index in [4.69, 9.17) is 4.74 Å². The number of amides is 2. The van der Waals surface area contributed by atoms with Crippen LogP contribution >= 0.6 is 0 Å². The zero-order chi connectivity index (χ0) is 23.3. The van der Waals surface area contributed by atoms with Crippen molar-refractivity contribution in [2.75, 3.05) is 25.5 Å². The molecule has 0 aliphatic carbocycles. The topological polar surface area (TPSA) is 108 Å². The van der Waals surface area contributed by atoms with Crippen LogP contribution in [0.1, 0.15) is 26.7 Å². The first-order valence-corrected chi connectivity index (χ1v) is 11.7. The number of carbonyl (C=O) groups excluding carboxylic acids is 2. The molecule has 0 saturated carbocycles. The Morgan fingerprint density at radius 2 is 1.81 bits per heavy atom. The fourth-order valence-corrected chi connectivity index (χ4v) is 4.70. The number of hydrazone groups is 1.